The lowest BCUT2D eigenvalue weighted by Crippen LogP contribution is -2.06. The first-order valence-corrected chi connectivity index (χ1v) is 9.34. The van der Waals surface area contributed by atoms with Gasteiger partial charge in [-0.25, -0.2) is 4.98 Å². The first-order valence-electron chi connectivity index (χ1n) is 8.46. The highest BCUT2D eigenvalue weighted by Gasteiger charge is 2.16. The zero-order valence-electron chi connectivity index (χ0n) is 14.9. The Bertz CT molecular complexity index is 1010. The molecule has 0 aliphatic carbocycles. The van der Waals surface area contributed by atoms with Crippen molar-refractivity contribution in [3.05, 3.63) is 64.5 Å². The summed E-state index contributed by atoms with van der Waals surface area (Å²) in [7, 11) is 0. The molecule has 0 saturated carbocycles. The van der Waals surface area contributed by atoms with E-state index in [1.54, 1.807) is 25.1 Å². The van der Waals surface area contributed by atoms with E-state index in [2.05, 4.69) is 15.8 Å². The minimum absolute atomic E-state index is 0.105. The van der Waals surface area contributed by atoms with Gasteiger partial charge in [0.1, 0.15) is 11.1 Å². The van der Waals surface area contributed by atoms with Gasteiger partial charge in [-0.15, -0.1) is 11.3 Å². The molecule has 0 amide bonds. The molecule has 0 N–H and O–H groups in total. The fourth-order valence-corrected chi connectivity index (χ4v) is 3.36. The highest BCUT2D eigenvalue weighted by Crippen LogP contribution is 2.36. The van der Waals surface area contributed by atoms with Crippen molar-refractivity contribution in [3.63, 3.8) is 0 Å². The van der Waals surface area contributed by atoms with E-state index in [9.17, 15) is 14.0 Å². The molecule has 0 atom stereocenters. The Morgan fingerprint density at radius 1 is 1.21 bits per heavy atom. The molecular formula is C21H16F2N2O2S. The maximum Gasteiger partial charge on any atom is 0.387 e. The summed E-state index contributed by atoms with van der Waals surface area (Å²) in [5, 5.41) is 11.9. The van der Waals surface area contributed by atoms with Gasteiger partial charge in [-0.05, 0) is 19.1 Å². The molecule has 2 aromatic carbocycles. The van der Waals surface area contributed by atoms with Crippen molar-refractivity contribution >= 4 is 23.0 Å². The Hall–Kier alpha value is -3.24. The van der Waals surface area contributed by atoms with Gasteiger partial charge in [0, 0.05) is 16.5 Å². The predicted octanol–water partition coefficient (Wildman–Crippen LogP) is 5.87. The van der Waals surface area contributed by atoms with Crippen molar-refractivity contribution in [1.82, 2.24) is 4.98 Å². The van der Waals surface area contributed by atoms with Crippen LogP contribution in [0.4, 0.5) is 8.78 Å². The molecule has 4 nitrogen and oxygen atoms in total. The third kappa shape index (κ3) is 4.53. The lowest BCUT2D eigenvalue weighted by molar-refractivity contribution is -0.0515. The van der Waals surface area contributed by atoms with Crippen LogP contribution in [0.2, 0.25) is 0 Å². The van der Waals surface area contributed by atoms with Crippen molar-refractivity contribution < 1.29 is 18.3 Å². The van der Waals surface area contributed by atoms with E-state index in [0.717, 1.165) is 11.3 Å². The third-order valence-electron chi connectivity index (χ3n) is 3.74. The molecule has 0 fully saturated rings. The number of hydrogen-bond acceptors (Lipinski definition) is 5. The molecule has 0 aliphatic heterocycles. The summed E-state index contributed by atoms with van der Waals surface area (Å²) in [4.78, 5) is 4.50. The monoisotopic (exact) mass is 398 g/mol. The lowest BCUT2D eigenvalue weighted by Gasteiger charge is -2.13. The van der Waals surface area contributed by atoms with Gasteiger partial charge in [-0.1, -0.05) is 42.5 Å². The number of alkyl halides is 2. The van der Waals surface area contributed by atoms with Gasteiger partial charge in [0.05, 0.1) is 17.9 Å². The van der Waals surface area contributed by atoms with E-state index in [0.29, 0.717) is 17.2 Å². The summed E-state index contributed by atoms with van der Waals surface area (Å²) < 4.78 is 35.8. The molecule has 28 heavy (non-hydrogen) atoms. The number of ether oxygens (including phenoxy) is 2. The second-order valence-electron chi connectivity index (χ2n) is 5.56. The minimum atomic E-state index is -3.01. The summed E-state index contributed by atoms with van der Waals surface area (Å²) in [6.07, 6.45) is 1.48. The third-order valence-corrected chi connectivity index (χ3v) is 4.62. The van der Waals surface area contributed by atoms with Gasteiger partial charge in [0.2, 0.25) is 0 Å². The smallest absolute Gasteiger partial charge is 0.387 e. The number of allylic oxidation sites excluding steroid dienone is 1. The van der Waals surface area contributed by atoms with Crippen molar-refractivity contribution in [1.29, 1.82) is 5.26 Å². The molecule has 0 saturated heterocycles. The number of rotatable bonds is 7. The Balaban J connectivity index is 2.01. The summed E-state index contributed by atoms with van der Waals surface area (Å²) >= 11 is 1.31. The molecule has 0 aliphatic rings. The number of benzene rings is 2. The maximum absolute atomic E-state index is 12.9. The topological polar surface area (TPSA) is 55.1 Å². The van der Waals surface area contributed by atoms with Gasteiger partial charge in [-0.3, -0.25) is 0 Å². The number of halogens is 2. The van der Waals surface area contributed by atoms with Crippen LogP contribution in [0.3, 0.4) is 0 Å². The van der Waals surface area contributed by atoms with Crippen LogP contribution in [0, 0.1) is 11.3 Å². The SMILES string of the molecule is CCOc1cccc(/C=C(\C#N)c2nc(-c3ccccc3)cs2)c1OC(F)F. The van der Waals surface area contributed by atoms with Crippen LogP contribution in [-0.2, 0) is 0 Å². The first-order chi connectivity index (χ1) is 13.6. The first kappa shape index (κ1) is 19.5. The molecule has 3 aromatic rings. The predicted molar refractivity (Wildman–Crippen MR) is 105 cm³/mol. The van der Waals surface area contributed by atoms with E-state index in [1.165, 1.54) is 17.4 Å². The normalized spacial score (nSPS) is 11.3. The Morgan fingerprint density at radius 2 is 2.00 bits per heavy atom. The second kappa shape index (κ2) is 9.11. The summed E-state index contributed by atoms with van der Waals surface area (Å²) in [5.41, 5.74) is 2.25. The van der Waals surface area contributed by atoms with Crippen LogP contribution in [0.1, 0.15) is 17.5 Å². The zero-order chi connectivity index (χ0) is 19.9. The van der Waals surface area contributed by atoms with Crippen molar-refractivity contribution in [2.75, 3.05) is 6.61 Å². The quantitative estimate of drug-likeness (QED) is 0.467. The second-order valence-corrected chi connectivity index (χ2v) is 6.42. The van der Waals surface area contributed by atoms with Crippen LogP contribution in [0.5, 0.6) is 11.5 Å². The molecule has 3 rings (SSSR count). The Labute approximate surface area is 165 Å². The van der Waals surface area contributed by atoms with Crippen LogP contribution in [0.15, 0.2) is 53.9 Å². The molecule has 0 spiro atoms. The number of nitriles is 1. The van der Waals surface area contributed by atoms with Crippen molar-refractivity contribution in [2.24, 2.45) is 0 Å². The largest absolute Gasteiger partial charge is 0.490 e. The summed E-state index contributed by atoms with van der Waals surface area (Å²) in [6, 6.07) is 16.4. The van der Waals surface area contributed by atoms with Gasteiger partial charge >= 0.3 is 6.61 Å². The summed E-state index contributed by atoms with van der Waals surface area (Å²) in [5.74, 6) is 0.0879. The molecule has 1 aromatic heterocycles. The zero-order valence-corrected chi connectivity index (χ0v) is 15.7. The van der Waals surface area contributed by atoms with Crippen LogP contribution < -0.4 is 9.47 Å². The minimum Gasteiger partial charge on any atom is -0.490 e. The molecular weight excluding hydrogens is 382 g/mol. The van der Waals surface area contributed by atoms with E-state index >= 15 is 0 Å². The maximum atomic E-state index is 12.9. The average Bonchev–Trinajstić information content (AvgIpc) is 3.19. The average molecular weight is 398 g/mol. The Kier molecular flexibility index (Phi) is 6.35. The van der Waals surface area contributed by atoms with Crippen LogP contribution >= 0.6 is 11.3 Å². The number of hydrogen-bond donors (Lipinski definition) is 0. The number of nitrogens with zero attached hydrogens (tertiary/aromatic N) is 2. The Morgan fingerprint density at radius 3 is 2.68 bits per heavy atom. The highest BCUT2D eigenvalue weighted by molar-refractivity contribution is 7.11. The van der Waals surface area contributed by atoms with E-state index in [4.69, 9.17) is 4.74 Å². The molecule has 0 bridgehead atoms. The number of para-hydroxylation sites is 1. The standard InChI is InChI=1S/C21H16F2N2O2S/c1-2-26-18-10-6-9-15(19(18)27-21(22)23)11-16(12-24)20-25-17(13-28-20)14-7-4-3-5-8-14/h3-11,13,21H,2H2,1H3/b16-11+. The van der Waals surface area contributed by atoms with Crippen molar-refractivity contribution in [2.45, 2.75) is 13.5 Å². The molecule has 142 valence electrons. The van der Waals surface area contributed by atoms with Crippen LogP contribution in [0.25, 0.3) is 22.9 Å². The van der Waals surface area contributed by atoms with Crippen molar-refractivity contribution in [3.8, 4) is 28.8 Å². The molecule has 0 radical (unpaired) electrons. The van der Waals surface area contributed by atoms with Gasteiger partial charge < -0.3 is 9.47 Å². The fourth-order valence-electron chi connectivity index (χ4n) is 2.57. The highest BCUT2D eigenvalue weighted by atomic mass is 32.1. The van der Waals surface area contributed by atoms with E-state index in [-0.39, 0.29) is 17.1 Å². The number of aromatic nitrogens is 1. The van der Waals surface area contributed by atoms with E-state index < -0.39 is 6.61 Å². The van der Waals surface area contributed by atoms with Gasteiger partial charge in [0.25, 0.3) is 0 Å². The van der Waals surface area contributed by atoms with Gasteiger partial charge in [0.15, 0.2) is 11.5 Å². The molecule has 1 heterocycles. The number of thiazole rings is 1. The van der Waals surface area contributed by atoms with Gasteiger partial charge in [-0.2, -0.15) is 14.0 Å². The molecule has 0 unspecified atom stereocenters. The van der Waals surface area contributed by atoms with E-state index in [1.807, 2.05) is 35.7 Å². The fraction of sp³-hybridized carbons (Fsp3) is 0.143. The summed E-state index contributed by atoms with van der Waals surface area (Å²) in [6.45, 7) is -0.968. The lowest BCUT2D eigenvalue weighted by atomic mass is 10.1. The molecule has 7 heteroatoms. The van der Waals surface area contributed by atoms with Crippen LogP contribution in [-0.4, -0.2) is 18.2 Å².